The van der Waals surface area contributed by atoms with Gasteiger partial charge in [0.1, 0.15) is 18.1 Å². The van der Waals surface area contributed by atoms with Gasteiger partial charge in [0.2, 0.25) is 0 Å². The Morgan fingerprint density at radius 2 is 1.74 bits per heavy atom. The second-order valence-corrected chi connectivity index (χ2v) is 6.30. The molecular weight excluding hydrogens is 284 g/mol. The number of para-hydroxylation sites is 1. The van der Waals surface area contributed by atoms with E-state index in [2.05, 4.69) is 25.1 Å². The van der Waals surface area contributed by atoms with Gasteiger partial charge >= 0.3 is 0 Å². The SMILES string of the molecule is CCCCCC1c2ccccc2OC(c2ccccc2)C1C=O. The molecule has 0 radical (unpaired) electrons. The molecule has 1 aliphatic rings. The molecule has 0 fully saturated rings. The van der Waals surface area contributed by atoms with Crippen molar-refractivity contribution in [2.75, 3.05) is 0 Å². The number of aldehydes is 1. The van der Waals surface area contributed by atoms with E-state index in [1.807, 2.05) is 36.4 Å². The lowest BCUT2D eigenvalue weighted by molar-refractivity contribution is -0.115. The third kappa shape index (κ3) is 3.31. The first-order chi connectivity index (χ1) is 11.3. The van der Waals surface area contributed by atoms with E-state index in [9.17, 15) is 4.79 Å². The molecule has 1 aliphatic heterocycles. The van der Waals surface area contributed by atoms with Crippen LogP contribution in [-0.4, -0.2) is 6.29 Å². The van der Waals surface area contributed by atoms with Crippen molar-refractivity contribution in [1.29, 1.82) is 0 Å². The summed E-state index contributed by atoms with van der Waals surface area (Å²) < 4.78 is 6.23. The first kappa shape index (κ1) is 15.8. The first-order valence-electron chi connectivity index (χ1n) is 8.61. The quantitative estimate of drug-likeness (QED) is 0.534. The van der Waals surface area contributed by atoms with E-state index >= 15 is 0 Å². The molecule has 2 nitrogen and oxygen atoms in total. The molecule has 0 spiro atoms. The van der Waals surface area contributed by atoms with Crippen LogP contribution in [0.15, 0.2) is 54.6 Å². The maximum absolute atomic E-state index is 11.9. The Balaban J connectivity index is 1.96. The van der Waals surface area contributed by atoms with E-state index in [-0.39, 0.29) is 17.9 Å². The Morgan fingerprint density at radius 3 is 2.48 bits per heavy atom. The van der Waals surface area contributed by atoms with Crippen LogP contribution in [0.3, 0.4) is 0 Å². The van der Waals surface area contributed by atoms with Crippen molar-refractivity contribution in [3.8, 4) is 5.75 Å². The number of ether oxygens (including phenoxy) is 1. The largest absolute Gasteiger partial charge is 0.485 e. The fourth-order valence-corrected chi connectivity index (χ4v) is 3.59. The summed E-state index contributed by atoms with van der Waals surface area (Å²) in [5, 5.41) is 0. The summed E-state index contributed by atoms with van der Waals surface area (Å²) in [4.78, 5) is 11.9. The van der Waals surface area contributed by atoms with Crippen LogP contribution in [0.1, 0.15) is 55.8 Å². The van der Waals surface area contributed by atoms with E-state index in [1.54, 1.807) is 0 Å². The van der Waals surface area contributed by atoms with E-state index in [4.69, 9.17) is 4.74 Å². The fourth-order valence-electron chi connectivity index (χ4n) is 3.59. The van der Waals surface area contributed by atoms with Crippen LogP contribution < -0.4 is 4.74 Å². The third-order valence-corrected chi connectivity index (χ3v) is 4.79. The van der Waals surface area contributed by atoms with Gasteiger partial charge in [0.25, 0.3) is 0 Å². The van der Waals surface area contributed by atoms with Crippen LogP contribution in [0.25, 0.3) is 0 Å². The molecule has 3 rings (SSSR count). The molecule has 0 saturated carbocycles. The normalized spacial score (nSPS) is 22.9. The zero-order valence-electron chi connectivity index (χ0n) is 13.7. The number of unbranched alkanes of at least 4 members (excludes halogenated alkanes) is 2. The fraction of sp³-hybridized carbons (Fsp3) is 0.381. The van der Waals surface area contributed by atoms with Gasteiger partial charge in [0, 0.05) is 5.92 Å². The number of hydrogen-bond donors (Lipinski definition) is 0. The lowest BCUT2D eigenvalue weighted by atomic mass is 9.76. The Bertz CT molecular complexity index is 635. The molecule has 23 heavy (non-hydrogen) atoms. The van der Waals surface area contributed by atoms with Crippen molar-refractivity contribution in [3.05, 3.63) is 65.7 Å². The average Bonchev–Trinajstić information content (AvgIpc) is 2.62. The predicted molar refractivity (Wildman–Crippen MR) is 92.7 cm³/mol. The van der Waals surface area contributed by atoms with Crippen LogP contribution in [-0.2, 0) is 4.79 Å². The van der Waals surface area contributed by atoms with Crippen molar-refractivity contribution < 1.29 is 9.53 Å². The number of benzene rings is 2. The second-order valence-electron chi connectivity index (χ2n) is 6.30. The van der Waals surface area contributed by atoms with Crippen molar-refractivity contribution in [2.45, 2.75) is 44.6 Å². The number of fused-ring (bicyclic) bond motifs is 1. The zero-order valence-corrected chi connectivity index (χ0v) is 13.7. The summed E-state index contributed by atoms with van der Waals surface area (Å²) in [5.41, 5.74) is 2.27. The van der Waals surface area contributed by atoms with E-state index in [0.717, 1.165) is 30.4 Å². The van der Waals surface area contributed by atoms with E-state index in [1.165, 1.54) is 18.4 Å². The van der Waals surface area contributed by atoms with Crippen LogP contribution in [0, 0.1) is 5.92 Å². The van der Waals surface area contributed by atoms with Crippen LogP contribution in [0.4, 0.5) is 0 Å². The molecular formula is C21H24O2. The third-order valence-electron chi connectivity index (χ3n) is 4.79. The standard InChI is InChI=1S/C21H24O2/c1-2-3-5-12-17-18-13-8-9-14-20(18)23-21(19(17)15-22)16-10-6-4-7-11-16/h4,6-11,13-15,17,19,21H,2-3,5,12H2,1H3. The molecule has 0 N–H and O–H groups in total. The molecule has 0 saturated heterocycles. The van der Waals surface area contributed by atoms with Gasteiger partial charge in [0.15, 0.2) is 0 Å². The Labute approximate surface area is 138 Å². The molecule has 0 amide bonds. The van der Waals surface area contributed by atoms with E-state index in [0.29, 0.717) is 0 Å². The summed E-state index contributed by atoms with van der Waals surface area (Å²) >= 11 is 0. The summed E-state index contributed by atoms with van der Waals surface area (Å²) in [6, 6.07) is 18.3. The molecule has 120 valence electrons. The van der Waals surface area contributed by atoms with Gasteiger partial charge in [-0.15, -0.1) is 0 Å². The van der Waals surface area contributed by atoms with Gasteiger partial charge in [-0.25, -0.2) is 0 Å². The molecule has 0 bridgehead atoms. The molecule has 0 aliphatic carbocycles. The van der Waals surface area contributed by atoms with Gasteiger partial charge in [-0.05, 0) is 23.6 Å². The van der Waals surface area contributed by atoms with Crippen molar-refractivity contribution in [1.82, 2.24) is 0 Å². The minimum Gasteiger partial charge on any atom is -0.485 e. The maximum Gasteiger partial charge on any atom is 0.134 e. The predicted octanol–water partition coefficient (Wildman–Crippen LogP) is 5.30. The summed E-state index contributed by atoms with van der Waals surface area (Å²) in [7, 11) is 0. The zero-order chi connectivity index (χ0) is 16.1. The molecule has 3 atom stereocenters. The molecule has 2 aromatic rings. The van der Waals surface area contributed by atoms with Gasteiger partial charge < -0.3 is 9.53 Å². The highest BCUT2D eigenvalue weighted by Gasteiger charge is 2.38. The second kappa shape index (κ2) is 7.45. The average molecular weight is 308 g/mol. The number of carbonyl (C=O) groups excluding carboxylic acids is 1. The highest BCUT2D eigenvalue weighted by atomic mass is 16.5. The van der Waals surface area contributed by atoms with Crippen molar-refractivity contribution in [2.24, 2.45) is 5.92 Å². The van der Waals surface area contributed by atoms with Crippen LogP contribution in [0.5, 0.6) is 5.75 Å². The molecule has 2 heteroatoms. The minimum atomic E-state index is -0.185. The van der Waals surface area contributed by atoms with Crippen LogP contribution in [0.2, 0.25) is 0 Å². The van der Waals surface area contributed by atoms with Gasteiger partial charge in [0.05, 0.1) is 5.92 Å². The Morgan fingerprint density at radius 1 is 1.00 bits per heavy atom. The highest BCUT2D eigenvalue weighted by Crippen LogP contribution is 2.47. The number of carbonyl (C=O) groups is 1. The first-order valence-corrected chi connectivity index (χ1v) is 8.61. The van der Waals surface area contributed by atoms with Gasteiger partial charge in [-0.3, -0.25) is 0 Å². The smallest absolute Gasteiger partial charge is 0.134 e. The Kier molecular flexibility index (Phi) is 5.12. The van der Waals surface area contributed by atoms with Crippen LogP contribution >= 0.6 is 0 Å². The number of hydrogen-bond acceptors (Lipinski definition) is 2. The molecule has 3 unspecified atom stereocenters. The topological polar surface area (TPSA) is 26.3 Å². The van der Waals surface area contributed by atoms with Crippen molar-refractivity contribution >= 4 is 6.29 Å². The molecule has 1 heterocycles. The van der Waals surface area contributed by atoms with Crippen molar-refractivity contribution in [3.63, 3.8) is 0 Å². The molecule has 2 aromatic carbocycles. The number of rotatable bonds is 6. The maximum atomic E-state index is 11.9. The summed E-state index contributed by atoms with van der Waals surface area (Å²) in [6.07, 6.45) is 5.52. The lowest BCUT2D eigenvalue weighted by Gasteiger charge is -2.37. The molecule has 0 aromatic heterocycles. The Hall–Kier alpha value is -2.09. The summed E-state index contributed by atoms with van der Waals surface area (Å²) in [5.74, 6) is 1.05. The lowest BCUT2D eigenvalue weighted by Crippen LogP contribution is -2.31. The van der Waals surface area contributed by atoms with E-state index < -0.39 is 0 Å². The monoisotopic (exact) mass is 308 g/mol. The minimum absolute atomic E-state index is 0.121. The van der Waals surface area contributed by atoms with Gasteiger partial charge in [-0.1, -0.05) is 74.7 Å². The van der Waals surface area contributed by atoms with Gasteiger partial charge in [-0.2, -0.15) is 0 Å². The summed E-state index contributed by atoms with van der Waals surface area (Å²) in [6.45, 7) is 2.21. The highest BCUT2D eigenvalue weighted by molar-refractivity contribution is 5.60.